The number of nitrogens with one attached hydrogen (secondary N) is 8. The van der Waals surface area contributed by atoms with E-state index < -0.39 is 193 Å². The number of hydrogen-bond acceptors (Lipinski definition) is 20. The molecule has 0 aromatic heterocycles. The van der Waals surface area contributed by atoms with Gasteiger partial charge >= 0.3 is 23.9 Å². The van der Waals surface area contributed by atoms with Gasteiger partial charge in [0.15, 0.2) is 26.4 Å². The minimum absolute atomic E-state index is 0.0292. The van der Waals surface area contributed by atoms with Crippen LogP contribution in [0.1, 0.15) is 227 Å². The molecule has 8 bridgehead atoms. The predicted molar refractivity (Wildman–Crippen MR) is 518 cm³/mol. The number of ether oxygens (including phenoxy) is 8. The molecule has 8 aromatic carbocycles. The highest BCUT2D eigenvalue weighted by Gasteiger charge is 2.35. The molecule has 8 aromatic rings. The Hall–Kier alpha value is -13.4. The molecule has 1 aliphatic rings. The Morgan fingerprint density at radius 2 is 0.419 bits per heavy atom. The molecule has 8 N–H and O–H groups in total. The van der Waals surface area contributed by atoms with Gasteiger partial charge in [-0.05, 0) is 134 Å². The molecule has 28 heteroatoms. The van der Waals surface area contributed by atoms with Crippen LogP contribution in [0.4, 0.5) is 0 Å². The van der Waals surface area contributed by atoms with Crippen LogP contribution in [0.25, 0.3) is 0 Å². The summed E-state index contributed by atoms with van der Waals surface area (Å²) in [5.74, 6) is -9.48. The first kappa shape index (κ1) is 106. The fraction of sp³-hybridized carbons (Fsp3) is 0.444. The minimum Gasteiger partial charge on any atom is -0.483 e. The summed E-state index contributed by atoms with van der Waals surface area (Å²) < 4.78 is 50.2. The lowest BCUT2D eigenvalue weighted by Crippen LogP contribution is -2.51. The Kier molecular flexibility index (Phi) is 38.0. The lowest BCUT2D eigenvalue weighted by molar-refractivity contribution is -0.146. The topological polar surface area (TPSA) is 375 Å². The normalized spacial score (nSPS) is 13.0. The van der Waals surface area contributed by atoms with Crippen LogP contribution in [0.15, 0.2) is 170 Å². The van der Waals surface area contributed by atoms with Gasteiger partial charge < -0.3 is 80.4 Å². The van der Waals surface area contributed by atoms with Crippen molar-refractivity contribution in [1.29, 1.82) is 0 Å². The van der Waals surface area contributed by atoms with Crippen LogP contribution in [0.5, 0.6) is 23.0 Å². The van der Waals surface area contributed by atoms with Gasteiger partial charge in [-0.1, -0.05) is 308 Å². The Labute approximate surface area is 799 Å². The summed E-state index contributed by atoms with van der Waals surface area (Å²) in [6.07, 6.45) is -0.210. The van der Waals surface area contributed by atoms with Gasteiger partial charge in [0.25, 0.3) is 23.6 Å². The van der Waals surface area contributed by atoms with Crippen molar-refractivity contribution in [3.63, 3.8) is 0 Å². The van der Waals surface area contributed by atoms with Gasteiger partial charge in [0.1, 0.15) is 99.8 Å². The maximum absolute atomic E-state index is 15.0. The highest BCUT2D eigenvalue weighted by atomic mass is 16.5. The molecule has 136 heavy (non-hydrogen) atoms. The Bertz CT molecular complexity index is 4750. The zero-order valence-electron chi connectivity index (χ0n) is 82.3. The molecular weight excluding hydrogens is 1730 g/mol. The van der Waals surface area contributed by atoms with Crippen molar-refractivity contribution in [2.45, 2.75) is 236 Å². The molecule has 1 aliphatic carbocycles. The van der Waals surface area contributed by atoms with Gasteiger partial charge in [-0.3, -0.25) is 57.5 Å². The first-order chi connectivity index (χ1) is 64.2. The summed E-state index contributed by atoms with van der Waals surface area (Å²) in [4.78, 5) is 169. The maximum atomic E-state index is 15.0. The van der Waals surface area contributed by atoms with E-state index in [-0.39, 0.29) is 75.1 Å². The second-order valence-electron chi connectivity index (χ2n) is 40.0. The lowest BCUT2D eigenvalue weighted by Gasteiger charge is -2.29. The van der Waals surface area contributed by atoms with Crippen molar-refractivity contribution < 1.29 is 95.4 Å². The third-order valence-corrected chi connectivity index (χ3v) is 23.0. The highest BCUT2D eigenvalue weighted by Crippen LogP contribution is 2.45. The molecule has 8 amide bonds. The molecule has 0 unspecified atom stereocenters. The third-order valence-electron chi connectivity index (χ3n) is 23.0. The molecule has 28 nitrogen and oxygen atoms in total. The van der Waals surface area contributed by atoms with E-state index in [1.165, 1.54) is 0 Å². The number of hydrogen-bond donors (Lipinski definition) is 8. The number of fused-ring (bicyclic) bond motifs is 8. The van der Waals surface area contributed by atoms with E-state index in [0.29, 0.717) is 44.5 Å². The van der Waals surface area contributed by atoms with Gasteiger partial charge in [0.2, 0.25) is 23.6 Å². The molecule has 0 radical (unpaired) electrons. The van der Waals surface area contributed by atoms with Crippen LogP contribution < -0.4 is 61.5 Å². The average molecular weight is 1870 g/mol. The lowest BCUT2D eigenvalue weighted by atomic mass is 9.79. The number of carbonyl (C=O) groups is 12. The van der Waals surface area contributed by atoms with Crippen LogP contribution in [0.2, 0.25) is 0 Å². The van der Waals surface area contributed by atoms with Crippen LogP contribution in [0.3, 0.4) is 0 Å². The highest BCUT2D eigenvalue weighted by molar-refractivity contribution is 5.93. The van der Waals surface area contributed by atoms with Gasteiger partial charge in [0.05, 0.1) is 0 Å². The van der Waals surface area contributed by atoms with Crippen LogP contribution in [0, 0.1) is 23.7 Å². The molecule has 0 saturated carbocycles. The van der Waals surface area contributed by atoms with E-state index in [1.807, 2.05) is 121 Å². The first-order valence-electron chi connectivity index (χ1n) is 46.4. The van der Waals surface area contributed by atoms with Crippen molar-refractivity contribution in [2.24, 2.45) is 23.7 Å². The molecule has 0 heterocycles. The Morgan fingerprint density at radius 1 is 0.257 bits per heavy atom. The van der Waals surface area contributed by atoms with Crippen molar-refractivity contribution in [3.05, 3.63) is 259 Å². The van der Waals surface area contributed by atoms with E-state index in [2.05, 4.69) is 126 Å². The number of carbonyl (C=O) groups excluding carboxylic acids is 12. The fourth-order valence-electron chi connectivity index (χ4n) is 15.1. The van der Waals surface area contributed by atoms with E-state index in [0.717, 1.165) is 44.5 Å². The molecular formula is C108H136N8O20. The van der Waals surface area contributed by atoms with Crippen molar-refractivity contribution >= 4 is 71.1 Å². The van der Waals surface area contributed by atoms with E-state index in [9.17, 15) is 38.4 Å². The number of esters is 4. The Balaban J connectivity index is 1.22. The summed E-state index contributed by atoms with van der Waals surface area (Å²) in [5.41, 5.74) is 7.75. The second-order valence-corrected chi connectivity index (χ2v) is 40.0. The minimum atomic E-state index is -1.18. The molecule has 0 saturated heterocycles. The van der Waals surface area contributed by atoms with Gasteiger partial charge in [-0.25, -0.2) is 0 Å². The van der Waals surface area contributed by atoms with Crippen LogP contribution in [-0.2, 0) is 150 Å². The van der Waals surface area contributed by atoms with Gasteiger partial charge in [0, 0.05) is 25.7 Å². The fourth-order valence-corrected chi connectivity index (χ4v) is 15.1. The molecule has 9 rings (SSSR count). The number of benzene rings is 8. The Morgan fingerprint density at radius 3 is 0.566 bits per heavy atom. The molecule has 0 fully saturated rings. The maximum Gasteiger partial charge on any atom is 0.325 e. The number of rotatable bonds is 40. The zero-order valence-corrected chi connectivity index (χ0v) is 82.3. The largest absolute Gasteiger partial charge is 0.483 e. The zero-order chi connectivity index (χ0) is 99.5. The molecule has 0 spiro atoms. The van der Waals surface area contributed by atoms with Crippen molar-refractivity contribution in [2.75, 3.05) is 52.6 Å². The van der Waals surface area contributed by atoms with Crippen LogP contribution >= 0.6 is 0 Å². The molecule has 0 aliphatic heterocycles. The summed E-state index contributed by atoms with van der Waals surface area (Å²) >= 11 is 0. The average Bonchev–Trinajstić information content (AvgIpc) is 0.757. The molecule has 4 atom stereocenters. The van der Waals surface area contributed by atoms with Gasteiger partial charge in [-0.2, -0.15) is 0 Å². The molecule has 728 valence electrons. The quantitative estimate of drug-likeness (QED) is 0.0131. The van der Waals surface area contributed by atoms with Crippen molar-refractivity contribution in [1.82, 2.24) is 42.5 Å². The standard InChI is InChI=1S/C108H136N8O20/c1-65(2)93(101(125)109-53-89(121)129-57-69-33-25-21-26-34-69)113-85(117)61-133-97-73-41-75-47-82(106(12,13)14)49-77(98(75)134-62-86(118)114-94(66(3)4)102(126)110-54-90(122)130-58-70-35-27-22-28-36-70)43-79-51-84(108(18,19)20)52-80(100(79)136-64-88(120)116-96(68(7)8)104(128)112-56-92(124)132-60-72-39-31-24-32-40-72)44-78-50-83(107(15,16)17)48-76(42-74(97)46-81(45-73)105(9,10)11)99(78)135-63-87(119)115-95(67(5)6)103(127)111-55-91(123)131-59-71-37-29-23-30-38-71/h21-40,45-52,65-68,93-96H,41-44,53-64H2,1-20H3,(H,109,125)(H,110,126)(H,111,127)(H,112,128)(H,113,117)(H,114,118)(H,115,119)(H,116,120)/t93-,94-,95-,96-/m0/s1. The monoisotopic (exact) mass is 1860 g/mol. The number of amides is 8. The second kappa shape index (κ2) is 48.7. The van der Waals surface area contributed by atoms with E-state index in [4.69, 9.17) is 37.9 Å². The summed E-state index contributed by atoms with van der Waals surface area (Å²) in [6, 6.07) is 47.4. The van der Waals surface area contributed by atoms with E-state index in [1.54, 1.807) is 104 Å². The summed E-state index contributed by atoms with van der Waals surface area (Å²) in [7, 11) is 0. The van der Waals surface area contributed by atoms with Crippen LogP contribution in [-0.4, -0.2) is 148 Å². The SMILES string of the molecule is CC(C)[C@H](NC(=O)COc1c2cc(C(C)(C)C)cc1Cc1cc(C(C)(C)C)cc(c1OCC(=O)N[C@H](C(=O)NCC(=O)OCc1ccccc1)C(C)C)Cc1cc(C(C)(C)C)cc(c1OCC(=O)N[C@H](C(=O)NCC(=O)OCc1ccccc1)C(C)C)Cc1cc(C(C)(C)C)cc(c1OCC(=O)N[C@H](C(=O)NCC(=O)OCc1ccccc1)C(C)C)C2)C(=O)NCC(=O)OCc1ccccc1. The van der Waals surface area contributed by atoms with Gasteiger partial charge in [-0.15, -0.1) is 0 Å². The third kappa shape index (κ3) is 32.4. The van der Waals surface area contributed by atoms with Crippen molar-refractivity contribution in [3.8, 4) is 23.0 Å². The van der Waals surface area contributed by atoms with E-state index >= 15 is 19.2 Å². The summed E-state index contributed by atoms with van der Waals surface area (Å²) in [5, 5.41) is 22.1. The first-order valence-corrected chi connectivity index (χ1v) is 46.4. The summed E-state index contributed by atoms with van der Waals surface area (Å²) in [6.45, 7) is 33.7. The smallest absolute Gasteiger partial charge is 0.325 e. The predicted octanol–water partition coefficient (Wildman–Crippen LogP) is 13.1.